The maximum Gasteiger partial charge on any atom is 0.191 e. The van der Waals surface area contributed by atoms with E-state index in [9.17, 15) is 0 Å². The summed E-state index contributed by atoms with van der Waals surface area (Å²) in [6.07, 6.45) is 3.06. The number of nitrogens with one attached hydrogen (secondary N) is 2. The summed E-state index contributed by atoms with van der Waals surface area (Å²) in [6, 6.07) is 18.5. The highest BCUT2D eigenvalue weighted by Gasteiger charge is 1.99. The van der Waals surface area contributed by atoms with E-state index in [1.807, 2.05) is 30.3 Å². The van der Waals surface area contributed by atoms with Crippen LogP contribution in [0.2, 0.25) is 0 Å². The Bertz CT molecular complexity index is 657. The van der Waals surface area contributed by atoms with Crippen LogP contribution in [0, 0.1) is 0 Å². The summed E-state index contributed by atoms with van der Waals surface area (Å²) in [5.74, 6) is 1.68. The Hall–Kier alpha value is -2.53. The first kappa shape index (κ1) is 20.8. The number of rotatable bonds is 11. The van der Waals surface area contributed by atoms with Crippen LogP contribution in [0.3, 0.4) is 0 Å². The number of unbranched alkanes of at least 4 members (excludes halogenated alkanes) is 1. The fourth-order valence-corrected chi connectivity index (χ4v) is 2.62. The van der Waals surface area contributed by atoms with Crippen LogP contribution in [-0.2, 0) is 17.7 Å². The van der Waals surface area contributed by atoms with Crippen molar-refractivity contribution in [3.8, 4) is 5.75 Å². The number of aliphatic imine (C=N–C) groups is 1. The first-order valence-corrected chi connectivity index (χ1v) is 9.51. The topological polar surface area (TPSA) is 54.9 Å². The van der Waals surface area contributed by atoms with E-state index < -0.39 is 0 Å². The maximum atomic E-state index is 5.71. The summed E-state index contributed by atoms with van der Waals surface area (Å²) < 4.78 is 10.9. The van der Waals surface area contributed by atoms with Crippen LogP contribution >= 0.6 is 0 Å². The minimum atomic E-state index is 0.728. The molecule has 27 heavy (non-hydrogen) atoms. The number of nitrogens with zero attached hydrogens (tertiary/aromatic N) is 1. The molecule has 0 atom stereocenters. The predicted octanol–water partition coefficient (Wildman–Crippen LogP) is 3.40. The van der Waals surface area contributed by atoms with Crippen molar-refractivity contribution in [2.45, 2.75) is 25.8 Å². The third kappa shape index (κ3) is 8.60. The van der Waals surface area contributed by atoms with Gasteiger partial charge in [-0.3, -0.25) is 4.99 Å². The van der Waals surface area contributed by atoms with Gasteiger partial charge in [-0.15, -0.1) is 0 Å². The molecule has 2 aromatic carbocycles. The van der Waals surface area contributed by atoms with Gasteiger partial charge < -0.3 is 20.1 Å². The lowest BCUT2D eigenvalue weighted by Gasteiger charge is -2.12. The Balaban J connectivity index is 1.50. The third-order valence-corrected chi connectivity index (χ3v) is 4.23. The summed E-state index contributed by atoms with van der Waals surface area (Å²) >= 11 is 0. The Kier molecular flexibility index (Phi) is 9.82. The Morgan fingerprint density at radius 2 is 1.67 bits per heavy atom. The first-order valence-electron chi connectivity index (χ1n) is 9.51. The fraction of sp³-hybridized carbons (Fsp3) is 0.409. The molecule has 0 unspecified atom stereocenters. The number of methoxy groups -OCH3 is 1. The zero-order valence-electron chi connectivity index (χ0n) is 16.4. The average Bonchev–Trinajstić information content (AvgIpc) is 2.73. The largest absolute Gasteiger partial charge is 0.497 e. The van der Waals surface area contributed by atoms with Crippen molar-refractivity contribution in [3.05, 3.63) is 65.7 Å². The van der Waals surface area contributed by atoms with Gasteiger partial charge in [0.25, 0.3) is 0 Å². The standard InChI is InChI=1S/C22H31N3O2/c1-23-22(25-18-20-10-12-21(26-2)13-11-20)24-15-6-7-16-27-17-14-19-8-4-3-5-9-19/h3-5,8-13H,6-7,14-18H2,1-2H3,(H2,23,24,25). The highest BCUT2D eigenvalue weighted by Crippen LogP contribution is 2.10. The van der Waals surface area contributed by atoms with Crippen molar-refractivity contribution in [3.63, 3.8) is 0 Å². The molecule has 0 radical (unpaired) electrons. The van der Waals surface area contributed by atoms with Gasteiger partial charge in [-0.25, -0.2) is 0 Å². The van der Waals surface area contributed by atoms with Crippen molar-refractivity contribution in [2.75, 3.05) is 33.9 Å². The van der Waals surface area contributed by atoms with E-state index in [2.05, 4.69) is 39.9 Å². The summed E-state index contributed by atoms with van der Waals surface area (Å²) in [6.45, 7) is 3.19. The second kappa shape index (κ2) is 12.8. The van der Waals surface area contributed by atoms with Gasteiger partial charge in [-0.2, -0.15) is 0 Å². The molecule has 2 rings (SSSR count). The zero-order chi connectivity index (χ0) is 19.2. The summed E-state index contributed by atoms with van der Waals surface area (Å²) in [4.78, 5) is 4.26. The molecule has 0 fully saturated rings. The fourth-order valence-electron chi connectivity index (χ4n) is 2.62. The minimum Gasteiger partial charge on any atom is -0.497 e. The molecule has 0 spiro atoms. The van der Waals surface area contributed by atoms with Crippen molar-refractivity contribution in [1.29, 1.82) is 0 Å². The van der Waals surface area contributed by atoms with E-state index >= 15 is 0 Å². The number of hydrogen-bond donors (Lipinski definition) is 2. The van der Waals surface area contributed by atoms with Gasteiger partial charge in [-0.1, -0.05) is 42.5 Å². The van der Waals surface area contributed by atoms with E-state index in [-0.39, 0.29) is 0 Å². The van der Waals surface area contributed by atoms with Crippen molar-refractivity contribution >= 4 is 5.96 Å². The molecule has 2 N–H and O–H groups in total. The third-order valence-electron chi connectivity index (χ3n) is 4.23. The molecule has 0 heterocycles. The lowest BCUT2D eigenvalue weighted by molar-refractivity contribution is 0.133. The van der Waals surface area contributed by atoms with Gasteiger partial charge in [0.2, 0.25) is 0 Å². The summed E-state index contributed by atoms with van der Waals surface area (Å²) in [7, 11) is 3.46. The summed E-state index contributed by atoms with van der Waals surface area (Å²) in [5.41, 5.74) is 2.51. The molecular formula is C22H31N3O2. The Morgan fingerprint density at radius 3 is 2.37 bits per heavy atom. The molecule has 0 aliphatic rings. The highest BCUT2D eigenvalue weighted by molar-refractivity contribution is 5.79. The smallest absolute Gasteiger partial charge is 0.191 e. The molecule has 0 bridgehead atoms. The van der Waals surface area contributed by atoms with Gasteiger partial charge in [0.05, 0.1) is 13.7 Å². The van der Waals surface area contributed by atoms with Crippen molar-refractivity contribution in [1.82, 2.24) is 10.6 Å². The molecule has 0 saturated carbocycles. The van der Waals surface area contributed by atoms with Crippen LogP contribution in [0.25, 0.3) is 0 Å². The lowest BCUT2D eigenvalue weighted by Crippen LogP contribution is -2.37. The molecule has 0 amide bonds. The second-order valence-electron chi connectivity index (χ2n) is 6.26. The van der Waals surface area contributed by atoms with Crippen LogP contribution in [-0.4, -0.2) is 39.9 Å². The number of ether oxygens (including phenoxy) is 2. The zero-order valence-corrected chi connectivity index (χ0v) is 16.4. The molecule has 5 nitrogen and oxygen atoms in total. The molecule has 0 aliphatic carbocycles. The van der Waals surface area contributed by atoms with Crippen molar-refractivity contribution in [2.24, 2.45) is 4.99 Å². The first-order chi connectivity index (χ1) is 13.3. The van der Waals surface area contributed by atoms with E-state index in [1.54, 1.807) is 14.2 Å². The maximum absolute atomic E-state index is 5.71. The van der Waals surface area contributed by atoms with Crippen LogP contribution in [0.4, 0.5) is 0 Å². The lowest BCUT2D eigenvalue weighted by atomic mass is 10.2. The summed E-state index contributed by atoms with van der Waals surface area (Å²) in [5, 5.41) is 6.66. The normalized spacial score (nSPS) is 11.3. The van der Waals surface area contributed by atoms with Gasteiger partial charge in [0.15, 0.2) is 5.96 Å². The number of guanidine groups is 1. The second-order valence-corrected chi connectivity index (χ2v) is 6.26. The van der Waals surface area contributed by atoms with Crippen LogP contribution in [0.1, 0.15) is 24.0 Å². The molecule has 146 valence electrons. The van der Waals surface area contributed by atoms with Gasteiger partial charge in [-0.05, 0) is 42.5 Å². The van der Waals surface area contributed by atoms with Crippen LogP contribution in [0.15, 0.2) is 59.6 Å². The van der Waals surface area contributed by atoms with Crippen molar-refractivity contribution < 1.29 is 9.47 Å². The predicted molar refractivity (Wildman–Crippen MR) is 111 cm³/mol. The van der Waals surface area contributed by atoms with Gasteiger partial charge in [0.1, 0.15) is 5.75 Å². The number of benzene rings is 2. The van der Waals surface area contributed by atoms with Gasteiger partial charge >= 0.3 is 0 Å². The molecule has 2 aromatic rings. The Morgan fingerprint density at radius 1 is 0.889 bits per heavy atom. The van der Waals surface area contributed by atoms with E-state index in [4.69, 9.17) is 9.47 Å². The average molecular weight is 370 g/mol. The quantitative estimate of drug-likeness (QED) is 0.362. The molecule has 0 aromatic heterocycles. The molecule has 0 saturated heterocycles. The van der Waals surface area contributed by atoms with E-state index in [0.29, 0.717) is 0 Å². The van der Waals surface area contributed by atoms with Crippen LogP contribution in [0.5, 0.6) is 5.75 Å². The highest BCUT2D eigenvalue weighted by atomic mass is 16.5. The monoisotopic (exact) mass is 369 g/mol. The SMILES string of the molecule is CN=C(NCCCCOCCc1ccccc1)NCc1ccc(OC)cc1. The Labute approximate surface area is 162 Å². The number of hydrogen-bond acceptors (Lipinski definition) is 3. The minimum absolute atomic E-state index is 0.728. The van der Waals surface area contributed by atoms with Gasteiger partial charge in [0, 0.05) is 26.7 Å². The molecular weight excluding hydrogens is 338 g/mol. The van der Waals surface area contributed by atoms with E-state index in [1.165, 1.54) is 11.1 Å². The van der Waals surface area contributed by atoms with E-state index in [0.717, 1.165) is 57.3 Å². The molecule has 0 aliphatic heterocycles. The van der Waals surface area contributed by atoms with Crippen LogP contribution < -0.4 is 15.4 Å². The molecule has 5 heteroatoms.